The molecule has 0 saturated heterocycles. The van der Waals surface area contributed by atoms with Crippen LogP contribution in [0.25, 0.3) is 0 Å². The van der Waals surface area contributed by atoms with Gasteiger partial charge in [0.05, 0.1) is 0 Å². The molecule has 0 aliphatic carbocycles. The standard InChI is InChI=1S/C68H120O6/c1-4-7-10-13-16-19-22-25-27-28-29-30-31-32-33-34-35-36-37-38-39-40-41-44-46-49-52-55-58-61-67(70)73-64-65(63-72-66(69)60-57-54-51-48-45-42-24-21-18-15-12-9-6-3)74-68(71)62-59-56-53-50-47-43-26-23-20-17-14-11-8-5-2/h7,10,16,19,25,27,29-30,32-33,35-36,65H,4-6,8-9,11-15,17-18,20-24,26,28,31,34,37-64H2,1-3H3/b10-7-,19-16-,27-25-,30-29-,33-32-,36-35-. The largest absolute Gasteiger partial charge is 0.462 e. The van der Waals surface area contributed by atoms with Crippen LogP contribution in [-0.2, 0) is 28.6 Å². The lowest BCUT2D eigenvalue weighted by Gasteiger charge is -2.18. The van der Waals surface area contributed by atoms with Gasteiger partial charge < -0.3 is 14.2 Å². The molecule has 6 heteroatoms. The maximum atomic E-state index is 12.9. The van der Waals surface area contributed by atoms with Gasteiger partial charge in [0.2, 0.25) is 0 Å². The first-order valence-electron chi connectivity index (χ1n) is 31.9. The number of carbonyl (C=O) groups excluding carboxylic acids is 3. The molecule has 0 aromatic heterocycles. The van der Waals surface area contributed by atoms with Crippen molar-refractivity contribution in [2.45, 2.75) is 329 Å². The molecule has 0 N–H and O–H groups in total. The third kappa shape index (κ3) is 59.7. The highest BCUT2D eigenvalue weighted by atomic mass is 16.6. The molecular weight excluding hydrogens is 913 g/mol. The molecule has 1 atom stereocenters. The lowest BCUT2D eigenvalue weighted by Crippen LogP contribution is -2.30. The van der Waals surface area contributed by atoms with E-state index in [2.05, 4.69) is 93.7 Å². The van der Waals surface area contributed by atoms with Crippen molar-refractivity contribution in [1.82, 2.24) is 0 Å². The summed E-state index contributed by atoms with van der Waals surface area (Å²) >= 11 is 0. The summed E-state index contributed by atoms with van der Waals surface area (Å²) in [5, 5.41) is 0. The monoisotopic (exact) mass is 1030 g/mol. The third-order valence-corrected chi connectivity index (χ3v) is 14.0. The molecule has 0 aromatic carbocycles. The SMILES string of the molecule is CC/C=C\C/C=C\C/C=C\C/C=C\C/C=C\C/C=C\CCCCCCCCCCCCC(=O)OCC(COC(=O)CCCCCCCCCCCCCCC)OC(=O)CCCCCCCCCCCCCCCC. The summed E-state index contributed by atoms with van der Waals surface area (Å²) < 4.78 is 16.9. The Kier molecular flexibility index (Phi) is 59.7. The minimum Gasteiger partial charge on any atom is -0.462 e. The highest BCUT2D eigenvalue weighted by Crippen LogP contribution is 2.17. The quantitative estimate of drug-likeness (QED) is 0.0261. The minimum atomic E-state index is -0.773. The Hall–Kier alpha value is -3.15. The van der Waals surface area contributed by atoms with Crippen LogP contribution >= 0.6 is 0 Å². The van der Waals surface area contributed by atoms with Gasteiger partial charge in [-0.2, -0.15) is 0 Å². The Labute approximate surface area is 459 Å². The van der Waals surface area contributed by atoms with Gasteiger partial charge in [-0.25, -0.2) is 0 Å². The van der Waals surface area contributed by atoms with Crippen LogP contribution in [0.4, 0.5) is 0 Å². The fourth-order valence-electron chi connectivity index (χ4n) is 9.21. The van der Waals surface area contributed by atoms with Crippen LogP contribution in [0.1, 0.15) is 323 Å². The van der Waals surface area contributed by atoms with E-state index < -0.39 is 6.10 Å². The molecule has 6 nitrogen and oxygen atoms in total. The smallest absolute Gasteiger partial charge is 0.306 e. The topological polar surface area (TPSA) is 78.9 Å². The number of allylic oxidation sites excluding steroid dienone is 12. The molecule has 0 aliphatic heterocycles. The molecule has 0 radical (unpaired) electrons. The first-order valence-corrected chi connectivity index (χ1v) is 31.9. The molecule has 0 spiro atoms. The van der Waals surface area contributed by atoms with Crippen molar-refractivity contribution in [1.29, 1.82) is 0 Å². The van der Waals surface area contributed by atoms with E-state index in [1.54, 1.807) is 0 Å². The molecular formula is C68H120O6. The van der Waals surface area contributed by atoms with Crippen LogP contribution in [0.15, 0.2) is 72.9 Å². The number of carbonyl (C=O) groups is 3. The van der Waals surface area contributed by atoms with Crippen LogP contribution in [0, 0.1) is 0 Å². The summed E-state index contributed by atoms with van der Waals surface area (Å²) in [7, 11) is 0. The van der Waals surface area contributed by atoms with Gasteiger partial charge in [-0.05, 0) is 70.6 Å². The fraction of sp³-hybridized carbons (Fsp3) is 0.779. The summed E-state index contributed by atoms with van der Waals surface area (Å²) in [4.78, 5) is 38.2. The van der Waals surface area contributed by atoms with E-state index in [1.807, 2.05) is 0 Å². The first-order chi connectivity index (χ1) is 36.5. The zero-order chi connectivity index (χ0) is 53.6. The van der Waals surface area contributed by atoms with Gasteiger partial charge in [-0.15, -0.1) is 0 Å². The van der Waals surface area contributed by atoms with E-state index in [-0.39, 0.29) is 31.1 Å². The Balaban J connectivity index is 4.23. The van der Waals surface area contributed by atoms with E-state index in [9.17, 15) is 14.4 Å². The molecule has 428 valence electrons. The van der Waals surface area contributed by atoms with Crippen LogP contribution in [0.2, 0.25) is 0 Å². The van der Waals surface area contributed by atoms with Crippen LogP contribution < -0.4 is 0 Å². The Morgan fingerprint density at radius 2 is 0.527 bits per heavy atom. The lowest BCUT2D eigenvalue weighted by molar-refractivity contribution is -0.167. The van der Waals surface area contributed by atoms with Gasteiger partial charge >= 0.3 is 17.9 Å². The van der Waals surface area contributed by atoms with E-state index in [0.717, 1.165) is 96.3 Å². The van der Waals surface area contributed by atoms with Crippen LogP contribution in [0.5, 0.6) is 0 Å². The van der Waals surface area contributed by atoms with Gasteiger partial charge in [0.25, 0.3) is 0 Å². The lowest BCUT2D eigenvalue weighted by atomic mass is 10.0. The van der Waals surface area contributed by atoms with Crippen LogP contribution in [-0.4, -0.2) is 37.2 Å². The molecule has 0 aromatic rings. The summed E-state index contributed by atoms with van der Waals surface area (Å²) in [5.74, 6) is -0.858. The number of unbranched alkanes of at least 4 members (excludes halogenated alkanes) is 35. The van der Waals surface area contributed by atoms with Gasteiger partial charge in [-0.3, -0.25) is 14.4 Å². The third-order valence-electron chi connectivity index (χ3n) is 14.0. The van der Waals surface area contributed by atoms with E-state index >= 15 is 0 Å². The minimum absolute atomic E-state index is 0.0709. The maximum absolute atomic E-state index is 12.9. The van der Waals surface area contributed by atoms with Crippen LogP contribution in [0.3, 0.4) is 0 Å². The predicted octanol–water partition coefficient (Wildman–Crippen LogP) is 21.7. The molecule has 74 heavy (non-hydrogen) atoms. The number of esters is 3. The Bertz CT molecular complexity index is 1370. The van der Waals surface area contributed by atoms with Gasteiger partial charge in [0, 0.05) is 19.3 Å². The molecule has 0 rings (SSSR count). The molecule has 0 saturated carbocycles. The highest BCUT2D eigenvalue weighted by Gasteiger charge is 2.19. The molecule has 1 unspecified atom stereocenters. The summed E-state index contributed by atoms with van der Waals surface area (Å²) in [6.07, 6.45) is 80.5. The second-order valence-electron chi connectivity index (χ2n) is 21.3. The second-order valence-corrected chi connectivity index (χ2v) is 21.3. The molecule has 0 heterocycles. The van der Waals surface area contributed by atoms with E-state index in [1.165, 1.54) is 186 Å². The second kappa shape index (κ2) is 62.4. The van der Waals surface area contributed by atoms with Gasteiger partial charge in [-0.1, -0.05) is 306 Å². The maximum Gasteiger partial charge on any atom is 0.306 e. The first kappa shape index (κ1) is 70.8. The zero-order valence-electron chi connectivity index (χ0n) is 49.1. The summed E-state index contributed by atoms with van der Waals surface area (Å²) in [6.45, 7) is 6.56. The molecule has 0 amide bonds. The van der Waals surface area contributed by atoms with Crippen molar-refractivity contribution >= 4 is 17.9 Å². The summed E-state index contributed by atoms with van der Waals surface area (Å²) in [5.41, 5.74) is 0. The molecule has 0 bridgehead atoms. The number of rotatable bonds is 58. The molecule has 0 aliphatic rings. The van der Waals surface area contributed by atoms with Crippen molar-refractivity contribution in [3.05, 3.63) is 72.9 Å². The highest BCUT2D eigenvalue weighted by molar-refractivity contribution is 5.71. The molecule has 0 fully saturated rings. The Morgan fingerprint density at radius 3 is 0.824 bits per heavy atom. The number of hydrogen-bond donors (Lipinski definition) is 0. The van der Waals surface area contributed by atoms with Gasteiger partial charge in [0.15, 0.2) is 6.10 Å². The van der Waals surface area contributed by atoms with Crippen molar-refractivity contribution in [3.63, 3.8) is 0 Å². The average molecular weight is 1030 g/mol. The number of ether oxygens (including phenoxy) is 3. The average Bonchev–Trinajstić information content (AvgIpc) is 3.40. The van der Waals surface area contributed by atoms with E-state index in [4.69, 9.17) is 14.2 Å². The van der Waals surface area contributed by atoms with Crippen molar-refractivity contribution in [2.75, 3.05) is 13.2 Å². The van der Waals surface area contributed by atoms with Gasteiger partial charge in [0.1, 0.15) is 13.2 Å². The van der Waals surface area contributed by atoms with Crippen molar-refractivity contribution < 1.29 is 28.6 Å². The zero-order valence-corrected chi connectivity index (χ0v) is 49.1. The normalized spacial score (nSPS) is 12.5. The number of hydrogen-bond acceptors (Lipinski definition) is 6. The Morgan fingerprint density at radius 1 is 0.284 bits per heavy atom. The fourth-order valence-corrected chi connectivity index (χ4v) is 9.21. The van der Waals surface area contributed by atoms with Crippen molar-refractivity contribution in [2.24, 2.45) is 0 Å². The summed E-state index contributed by atoms with van der Waals surface area (Å²) in [6, 6.07) is 0. The van der Waals surface area contributed by atoms with Crippen molar-refractivity contribution in [3.8, 4) is 0 Å². The predicted molar refractivity (Wildman–Crippen MR) is 321 cm³/mol. The van der Waals surface area contributed by atoms with E-state index in [0.29, 0.717) is 19.3 Å².